The van der Waals surface area contributed by atoms with Gasteiger partial charge in [-0.2, -0.15) is 0 Å². The molecule has 0 bridgehead atoms. The highest BCUT2D eigenvalue weighted by Gasteiger charge is 2.37. The highest BCUT2D eigenvalue weighted by Crippen LogP contribution is 2.42. The first-order valence-electron chi connectivity index (χ1n) is 13.2. The molecule has 0 fully saturated rings. The van der Waals surface area contributed by atoms with Crippen LogP contribution in [-0.2, 0) is 9.53 Å². The number of rotatable bonds is 8. The molecular formula is C32H30BrN3O5S. The highest BCUT2D eigenvalue weighted by molar-refractivity contribution is 9.10. The molecule has 0 aliphatic carbocycles. The van der Waals surface area contributed by atoms with Gasteiger partial charge in [0.1, 0.15) is 6.04 Å². The molecule has 0 N–H and O–H groups in total. The van der Waals surface area contributed by atoms with Gasteiger partial charge in [-0.05, 0) is 52.7 Å². The first kappa shape index (κ1) is 29.3. The van der Waals surface area contributed by atoms with Gasteiger partial charge >= 0.3 is 5.97 Å². The van der Waals surface area contributed by atoms with Crippen LogP contribution in [0.1, 0.15) is 29.7 Å². The van der Waals surface area contributed by atoms with E-state index in [-0.39, 0.29) is 17.7 Å². The summed E-state index contributed by atoms with van der Waals surface area (Å²) in [6, 6.07) is 19.9. The van der Waals surface area contributed by atoms with Gasteiger partial charge in [0.25, 0.3) is 5.56 Å². The summed E-state index contributed by atoms with van der Waals surface area (Å²) < 4.78 is 19.9. The second-order valence-electron chi connectivity index (χ2n) is 9.62. The molecule has 42 heavy (non-hydrogen) atoms. The molecule has 5 rings (SSSR count). The second-order valence-corrected chi connectivity index (χ2v) is 11.5. The number of hydrogen-bond donors (Lipinski definition) is 0. The molecule has 8 nitrogen and oxygen atoms in total. The molecular weight excluding hydrogens is 618 g/mol. The Balaban J connectivity index is 1.84. The number of para-hydroxylation sites is 1. The van der Waals surface area contributed by atoms with Crippen molar-refractivity contribution in [3.8, 4) is 11.5 Å². The average molecular weight is 649 g/mol. The number of halogens is 1. The lowest BCUT2D eigenvalue weighted by Gasteiger charge is -2.27. The van der Waals surface area contributed by atoms with Crippen molar-refractivity contribution in [1.29, 1.82) is 0 Å². The van der Waals surface area contributed by atoms with Crippen molar-refractivity contribution in [1.82, 2.24) is 4.57 Å². The van der Waals surface area contributed by atoms with E-state index in [0.717, 1.165) is 21.3 Å². The maximum atomic E-state index is 14.2. The van der Waals surface area contributed by atoms with E-state index in [1.165, 1.54) is 18.4 Å². The number of aromatic nitrogens is 1. The van der Waals surface area contributed by atoms with E-state index in [9.17, 15) is 9.59 Å². The van der Waals surface area contributed by atoms with Crippen LogP contribution >= 0.6 is 27.3 Å². The SMILES string of the molecule is CCOC(=O)C1=C(c2ccccc2)N=c2s/c(=C\c3ccc(N(C)C)c(Br)c3)c(=O)n2[C@H]1c1cccc(OC)c1OC. The van der Waals surface area contributed by atoms with E-state index in [1.807, 2.05) is 79.7 Å². The minimum atomic E-state index is -0.884. The third-order valence-corrected chi connectivity index (χ3v) is 8.47. The molecule has 1 aliphatic rings. The maximum Gasteiger partial charge on any atom is 0.338 e. The Hall–Kier alpha value is -4.15. The molecule has 1 aliphatic heterocycles. The Labute approximate surface area is 255 Å². The summed E-state index contributed by atoms with van der Waals surface area (Å²) in [5, 5.41) is 0. The van der Waals surface area contributed by atoms with E-state index in [0.29, 0.717) is 32.1 Å². The van der Waals surface area contributed by atoms with Gasteiger partial charge in [-0.25, -0.2) is 9.79 Å². The van der Waals surface area contributed by atoms with Crippen molar-refractivity contribution in [3.63, 3.8) is 0 Å². The average Bonchev–Trinajstić information content (AvgIpc) is 3.30. The predicted molar refractivity (Wildman–Crippen MR) is 169 cm³/mol. The molecule has 2 heterocycles. The summed E-state index contributed by atoms with van der Waals surface area (Å²) in [5.41, 5.74) is 3.57. The van der Waals surface area contributed by atoms with E-state index in [1.54, 1.807) is 30.7 Å². The van der Waals surface area contributed by atoms with Crippen molar-refractivity contribution in [2.75, 3.05) is 39.8 Å². The van der Waals surface area contributed by atoms with Crippen LogP contribution in [0.4, 0.5) is 5.69 Å². The molecule has 4 aromatic rings. The minimum absolute atomic E-state index is 0.161. The van der Waals surface area contributed by atoms with Gasteiger partial charge in [0, 0.05) is 29.7 Å². The summed E-state index contributed by atoms with van der Waals surface area (Å²) in [5.74, 6) is 0.329. The van der Waals surface area contributed by atoms with Crippen molar-refractivity contribution in [2.45, 2.75) is 13.0 Å². The molecule has 1 atom stereocenters. The van der Waals surface area contributed by atoms with Gasteiger partial charge in [-0.15, -0.1) is 0 Å². The fourth-order valence-electron chi connectivity index (χ4n) is 4.99. The molecule has 0 saturated carbocycles. The van der Waals surface area contributed by atoms with Gasteiger partial charge < -0.3 is 19.1 Å². The van der Waals surface area contributed by atoms with Crippen molar-refractivity contribution in [3.05, 3.63) is 113 Å². The number of thiazole rings is 1. The van der Waals surface area contributed by atoms with Crippen LogP contribution < -0.4 is 29.3 Å². The summed E-state index contributed by atoms with van der Waals surface area (Å²) in [4.78, 5) is 35.3. The molecule has 0 spiro atoms. The second kappa shape index (κ2) is 12.4. The fourth-order valence-corrected chi connectivity index (χ4v) is 6.74. The molecule has 0 amide bonds. The van der Waals surface area contributed by atoms with Crippen LogP contribution in [0.5, 0.6) is 11.5 Å². The van der Waals surface area contributed by atoms with Gasteiger partial charge in [0.05, 0.1) is 42.3 Å². The topological polar surface area (TPSA) is 82.4 Å². The molecule has 10 heteroatoms. The zero-order chi connectivity index (χ0) is 30.0. The van der Waals surface area contributed by atoms with Crippen molar-refractivity contribution < 1.29 is 19.0 Å². The zero-order valence-corrected chi connectivity index (χ0v) is 26.3. The van der Waals surface area contributed by atoms with Crippen molar-refractivity contribution >= 4 is 50.7 Å². The van der Waals surface area contributed by atoms with Gasteiger partial charge in [-0.1, -0.05) is 59.9 Å². The molecule has 0 saturated heterocycles. The first-order chi connectivity index (χ1) is 20.3. The number of esters is 1. The van der Waals surface area contributed by atoms with Crippen LogP contribution in [0.15, 0.2) is 86.6 Å². The van der Waals surface area contributed by atoms with Gasteiger partial charge in [-0.3, -0.25) is 9.36 Å². The maximum absolute atomic E-state index is 14.2. The van der Waals surface area contributed by atoms with Crippen molar-refractivity contribution in [2.24, 2.45) is 4.99 Å². The van der Waals surface area contributed by atoms with Crippen LogP contribution in [0.25, 0.3) is 11.8 Å². The number of carbonyl (C=O) groups is 1. The molecule has 3 aromatic carbocycles. The number of methoxy groups -OCH3 is 2. The number of benzene rings is 3. The third kappa shape index (κ3) is 5.39. The number of hydrogen-bond acceptors (Lipinski definition) is 8. The van der Waals surface area contributed by atoms with Crippen LogP contribution in [0.3, 0.4) is 0 Å². The summed E-state index contributed by atoms with van der Waals surface area (Å²) in [6.45, 7) is 1.91. The van der Waals surface area contributed by atoms with E-state index >= 15 is 0 Å². The largest absolute Gasteiger partial charge is 0.493 e. The lowest BCUT2D eigenvalue weighted by Crippen LogP contribution is -2.40. The van der Waals surface area contributed by atoms with E-state index < -0.39 is 12.0 Å². The zero-order valence-electron chi connectivity index (χ0n) is 23.9. The van der Waals surface area contributed by atoms with Crippen LogP contribution in [-0.4, -0.2) is 45.5 Å². The van der Waals surface area contributed by atoms with Gasteiger partial charge in [0.15, 0.2) is 16.3 Å². The molecule has 216 valence electrons. The third-order valence-electron chi connectivity index (χ3n) is 6.85. The fraction of sp³-hybridized carbons (Fsp3) is 0.219. The number of carbonyl (C=O) groups excluding carboxylic acids is 1. The predicted octanol–water partition coefficient (Wildman–Crippen LogP) is 4.78. The lowest BCUT2D eigenvalue weighted by atomic mass is 9.92. The van der Waals surface area contributed by atoms with Crippen LogP contribution in [0.2, 0.25) is 0 Å². The monoisotopic (exact) mass is 647 g/mol. The Morgan fingerprint density at radius 3 is 2.48 bits per heavy atom. The number of ether oxygens (including phenoxy) is 3. The molecule has 0 unspecified atom stereocenters. The summed E-state index contributed by atoms with van der Waals surface area (Å²) >= 11 is 4.90. The molecule has 1 aromatic heterocycles. The lowest BCUT2D eigenvalue weighted by molar-refractivity contribution is -0.138. The normalized spacial score (nSPS) is 14.7. The quantitative estimate of drug-likeness (QED) is 0.256. The Morgan fingerprint density at radius 2 is 1.83 bits per heavy atom. The number of nitrogens with zero attached hydrogens (tertiary/aromatic N) is 3. The number of anilines is 1. The summed E-state index contributed by atoms with van der Waals surface area (Å²) in [7, 11) is 7.02. The smallest absolute Gasteiger partial charge is 0.338 e. The highest BCUT2D eigenvalue weighted by atomic mass is 79.9. The minimum Gasteiger partial charge on any atom is -0.493 e. The Bertz CT molecular complexity index is 1860. The van der Waals surface area contributed by atoms with Gasteiger partial charge in [0.2, 0.25) is 0 Å². The summed E-state index contributed by atoms with van der Waals surface area (Å²) in [6.07, 6.45) is 1.84. The Kier molecular flexibility index (Phi) is 8.65. The number of fused-ring (bicyclic) bond motifs is 1. The van der Waals surface area contributed by atoms with E-state index in [2.05, 4.69) is 15.9 Å². The van der Waals surface area contributed by atoms with E-state index in [4.69, 9.17) is 19.2 Å². The Morgan fingerprint density at radius 1 is 1.07 bits per heavy atom. The van der Waals surface area contributed by atoms with Crippen LogP contribution in [0, 0.1) is 0 Å². The molecule has 0 radical (unpaired) electrons. The standard InChI is InChI=1S/C32H30BrN3O5S/c1-6-41-31(38)26-27(20-11-8-7-9-12-20)34-32-36(28(26)21-13-10-14-24(39-4)29(21)40-5)30(37)25(42-32)18-19-15-16-23(35(2)3)22(33)17-19/h7-18,28H,6H2,1-5H3/b25-18-/t28-/m0/s1. The first-order valence-corrected chi connectivity index (χ1v) is 14.9.